The van der Waals surface area contributed by atoms with Crippen LogP contribution < -0.4 is 5.32 Å². The van der Waals surface area contributed by atoms with E-state index in [1.165, 1.54) is 6.42 Å². The summed E-state index contributed by atoms with van der Waals surface area (Å²) in [6.07, 6.45) is 3.13. The third-order valence-electron chi connectivity index (χ3n) is 5.33. The Balaban J connectivity index is 1.23. The maximum Gasteiger partial charge on any atom is 0.175 e. The normalized spacial score (nSPS) is 23.6. The molecule has 1 fully saturated rings. The molecule has 0 radical (unpaired) electrons. The van der Waals surface area contributed by atoms with Crippen LogP contribution in [-0.4, -0.2) is 26.5 Å². The van der Waals surface area contributed by atoms with Crippen LogP contribution in [0.15, 0.2) is 48.7 Å². The molecule has 2 aliphatic rings. The monoisotopic (exact) mass is 317 g/mol. The van der Waals surface area contributed by atoms with Crippen LogP contribution in [0.2, 0.25) is 0 Å². The summed E-state index contributed by atoms with van der Waals surface area (Å²) >= 11 is 0. The molecule has 2 heterocycles. The van der Waals surface area contributed by atoms with Crippen LogP contribution in [0.1, 0.15) is 22.7 Å². The van der Waals surface area contributed by atoms with Gasteiger partial charge in [-0.1, -0.05) is 24.3 Å². The Morgan fingerprint density at radius 3 is 2.83 bits per heavy atom. The van der Waals surface area contributed by atoms with Crippen molar-refractivity contribution in [2.75, 3.05) is 11.9 Å². The topological polar surface area (TPSA) is 55.6 Å². The Morgan fingerprint density at radius 1 is 1.12 bits per heavy atom. The van der Waals surface area contributed by atoms with E-state index in [1.807, 2.05) is 31.3 Å². The molecule has 5 rings (SSSR count). The Labute approximate surface area is 140 Å². The molecule has 1 N–H and O–H groups in total. The highest BCUT2D eigenvalue weighted by Gasteiger charge is 2.54. The first-order chi connectivity index (χ1) is 11.8. The van der Waals surface area contributed by atoms with E-state index in [1.54, 1.807) is 15.8 Å². The lowest BCUT2D eigenvalue weighted by atomic mass is 10.0. The summed E-state index contributed by atoms with van der Waals surface area (Å²) in [4.78, 5) is 0. The van der Waals surface area contributed by atoms with Crippen LogP contribution in [0.25, 0.3) is 5.82 Å². The van der Waals surface area contributed by atoms with E-state index in [9.17, 15) is 0 Å². The zero-order chi connectivity index (χ0) is 16.1. The number of nitrogens with one attached hydrogen (secondary N) is 1. The van der Waals surface area contributed by atoms with Gasteiger partial charge >= 0.3 is 0 Å². The van der Waals surface area contributed by atoms with Crippen molar-refractivity contribution in [2.45, 2.75) is 19.3 Å². The number of aromatic nitrogens is 4. The number of rotatable bonds is 4. The molecule has 2 aromatic heterocycles. The van der Waals surface area contributed by atoms with E-state index in [0.29, 0.717) is 0 Å². The highest BCUT2D eigenvalue weighted by atomic mass is 15.3. The predicted molar refractivity (Wildman–Crippen MR) is 92.2 cm³/mol. The van der Waals surface area contributed by atoms with Crippen molar-refractivity contribution in [3.8, 4) is 5.82 Å². The standard InChI is InChI=1S/C19H19N5/c1-12-8-9-24(23-12)18-7-6-17(21-22-18)20-11-16-15-10-13-4-2-3-5-14(13)19(15)16/h2-9,15-16,19H,10-11H2,1H3,(H,20,21). The van der Waals surface area contributed by atoms with Gasteiger partial charge in [0.05, 0.1) is 5.69 Å². The molecule has 0 amide bonds. The molecule has 0 saturated heterocycles. The third-order valence-corrected chi connectivity index (χ3v) is 5.33. The summed E-state index contributed by atoms with van der Waals surface area (Å²) in [7, 11) is 0. The molecular formula is C19H19N5. The largest absolute Gasteiger partial charge is 0.368 e. The predicted octanol–water partition coefficient (Wildman–Crippen LogP) is 2.97. The zero-order valence-electron chi connectivity index (χ0n) is 13.6. The summed E-state index contributed by atoms with van der Waals surface area (Å²) in [5.74, 6) is 3.86. The Bertz CT molecular complexity index is 883. The van der Waals surface area contributed by atoms with E-state index in [2.05, 4.69) is 44.9 Å². The lowest BCUT2D eigenvalue weighted by Crippen LogP contribution is -2.10. The van der Waals surface area contributed by atoms with Crippen molar-refractivity contribution in [1.82, 2.24) is 20.0 Å². The van der Waals surface area contributed by atoms with E-state index in [4.69, 9.17) is 0 Å². The molecule has 1 saturated carbocycles. The molecule has 0 bridgehead atoms. The molecule has 0 aliphatic heterocycles. The highest BCUT2D eigenvalue weighted by Crippen LogP contribution is 2.61. The number of benzene rings is 1. The number of nitrogens with zero attached hydrogens (tertiary/aromatic N) is 4. The molecule has 2 aliphatic carbocycles. The van der Waals surface area contributed by atoms with Gasteiger partial charge in [0.15, 0.2) is 5.82 Å². The van der Waals surface area contributed by atoms with Gasteiger partial charge in [-0.3, -0.25) is 0 Å². The zero-order valence-corrected chi connectivity index (χ0v) is 13.6. The van der Waals surface area contributed by atoms with Crippen LogP contribution in [0.4, 0.5) is 5.82 Å². The van der Waals surface area contributed by atoms with Gasteiger partial charge in [-0.15, -0.1) is 10.2 Å². The van der Waals surface area contributed by atoms with Crippen molar-refractivity contribution in [2.24, 2.45) is 11.8 Å². The van der Waals surface area contributed by atoms with Gasteiger partial charge in [0.1, 0.15) is 5.82 Å². The summed E-state index contributed by atoms with van der Waals surface area (Å²) in [5, 5.41) is 16.3. The molecule has 3 aromatic rings. The first-order valence-corrected chi connectivity index (χ1v) is 8.47. The van der Waals surface area contributed by atoms with Crippen LogP contribution in [-0.2, 0) is 6.42 Å². The van der Waals surface area contributed by atoms with Gasteiger partial charge in [0.2, 0.25) is 0 Å². The average molecular weight is 317 g/mol. The maximum atomic E-state index is 4.35. The number of aryl methyl sites for hydroxylation is 1. The van der Waals surface area contributed by atoms with Crippen LogP contribution in [0.3, 0.4) is 0 Å². The minimum Gasteiger partial charge on any atom is -0.368 e. The first kappa shape index (κ1) is 13.7. The smallest absolute Gasteiger partial charge is 0.175 e. The molecule has 24 heavy (non-hydrogen) atoms. The summed E-state index contributed by atoms with van der Waals surface area (Å²) < 4.78 is 1.74. The summed E-state index contributed by atoms with van der Waals surface area (Å²) in [5.41, 5.74) is 4.08. The molecule has 1 aromatic carbocycles. The second-order valence-electron chi connectivity index (χ2n) is 6.82. The lowest BCUT2D eigenvalue weighted by molar-refractivity contribution is 0.716. The lowest BCUT2D eigenvalue weighted by Gasteiger charge is -2.09. The minimum atomic E-state index is 0.732. The maximum absolute atomic E-state index is 4.35. The first-order valence-electron chi connectivity index (χ1n) is 8.47. The van der Waals surface area contributed by atoms with E-state index in [-0.39, 0.29) is 0 Å². The van der Waals surface area contributed by atoms with E-state index < -0.39 is 0 Å². The quantitative estimate of drug-likeness (QED) is 0.804. The van der Waals surface area contributed by atoms with Gasteiger partial charge in [-0.05, 0) is 60.4 Å². The van der Waals surface area contributed by atoms with Crippen LogP contribution in [0.5, 0.6) is 0 Å². The van der Waals surface area contributed by atoms with Crippen LogP contribution >= 0.6 is 0 Å². The van der Waals surface area contributed by atoms with Crippen molar-refractivity contribution in [3.63, 3.8) is 0 Å². The van der Waals surface area contributed by atoms with Gasteiger partial charge in [0, 0.05) is 12.7 Å². The van der Waals surface area contributed by atoms with Crippen LogP contribution in [0, 0.1) is 18.8 Å². The Morgan fingerprint density at radius 2 is 2.04 bits per heavy atom. The van der Waals surface area contributed by atoms with Crippen molar-refractivity contribution in [1.29, 1.82) is 0 Å². The molecule has 5 heteroatoms. The molecule has 5 nitrogen and oxygen atoms in total. The van der Waals surface area contributed by atoms with Gasteiger partial charge < -0.3 is 5.32 Å². The van der Waals surface area contributed by atoms with Gasteiger partial charge in [-0.2, -0.15) is 5.10 Å². The number of hydrogen-bond acceptors (Lipinski definition) is 4. The Kier molecular flexibility index (Phi) is 2.95. The van der Waals surface area contributed by atoms with Crippen molar-refractivity contribution >= 4 is 5.82 Å². The molecular weight excluding hydrogens is 298 g/mol. The fourth-order valence-corrected chi connectivity index (χ4v) is 4.07. The molecule has 120 valence electrons. The fraction of sp³-hybridized carbons (Fsp3) is 0.316. The molecule has 0 spiro atoms. The Hall–Kier alpha value is -2.69. The fourth-order valence-electron chi connectivity index (χ4n) is 4.07. The second-order valence-corrected chi connectivity index (χ2v) is 6.82. The molecule has 3 atom stereocenters. The molecule has 3 unspecified atom stereocenters. The van der Waals surface area contributed by atoms with Gasteiger partial charge in [0.25, 0.3) is 0 Å². The third kappa shape index (κ3) is 2.19. The van der Waals surface area contributed by atoms with E-state index >= 15 is 0 Å². The number of anilines is 1. The van der Waals surface area contributed by atoms with Crippen molar-refractivity contribution in [3.05, 3.63) is 65.5 Å². The van der Waals surface area contributed by atoms with Gasteiger partial charge in [-0.25, -0.2) is 4.68 Å². The number of hydrogen-bond donors (Lipinski definition) is 1. The summed E-state index contributed by atoms with van der Waals surface area (Å²) in [6.45, 7) is 2.93. The minimum absolute atomic E-state index is 0.732. The average Bonchev–Trinajstić information content (AvgIpc) is 2.94. The summed E-state index contributed by atoms with van der Waals surface area (Å²) in [6, 6.07) is 14.8. The number of fused-ring (bicyclic) bond motifs is 3. The highest BCUT2D eigenvalue weighted by molar-refractivity contribution is 5.45. The SMILES string of the molecule is Cc1ccn(-c2ccc(NCC3C4Cc5ccccc5C34)nn2)n1. The second kappa shape index (κ2) is 5.16. The van der Waals surface area contributed by atoms with Crippen molar-refractivity contribution < 1.29 is 0 Å². The van der Waals surface area contributed by atoms with E-state index in [0.717, 1.165) is 41.6 Å².